The van der Waals surface area contributed by atoms with Gasteiger partial charge in [0, 0.05) is 10.3 Å². The van der Waals surface area contributed by atoms with Gasteiger partial charge in [-0.15, -0.1) is 11.3 Å². The molecule has 2 aromatic rings. The second kappa shape index (κ2) is 4.21. The molecule has 0 aliphatic heterocycles. The molecule has 0 bridgehead atoms. The molecule has 1 N–H and O–H groups in total. The van der Waals surface area contributed by atoms with Crippen molar-refractivity contribution in [1.29, 1.82) is 0 Å². The molecule has 0 saturated carbocycles. The normalized spacial score (nSPS) is 10.4. The lowest BCUT2D eigenvalue weighted by molar-refractivity contribution is 0.474. The molecular formula is C9H6ClNOS2. The highest BCUT2D eigenvalue weighted by molar-refractivity contribution is 8.01. The van der Waals surface area contributed by atoms with Gasteiger partial charge in [-0.3, -0.25) is 0 Å². The molecule has 72 valence electrons. The fourth-order valence-electron chi connectivity index (χ4n) is 0.934. The summed E-state index contributed by atoms with van der Waals surface area (Å²) in [5.41, 5.74) is 0. The third-order valence-electron chi connectivity index (χ3n) is 1.48. The Labute approximate surface area is 94.6 Å². The van der Waals surface area contributed by atoms with E-state index in [1.807, 2.05) is 6.07 Å². The molecule has 2 rings (SSSR count). The summed E-state index contributed by atoms with van der Waals surface area (Å²) in [7, 11) is 0. The maximum atomic E-state index is 9.24. The predicted molar refractivity (Wildman–Crippen MR) is 59.4 cm³/mol. The van der Waals surface area contributed by atoms with Gasteiger partial charge in [-0.25, -0.2) is 4.98 Å². The molecular weight excluding hydrogens is 238 g/mol. The van der Waals surface area contributed by atoms with Crippen LogP contribution in [0.15, 0.2) is 38.9 Å². The van der Waals surface area contributed by atoms with E-state index >= 15 is 0 Å². The van der Waals surface area contributed by atoms with Crippen LogP contribution in [0.5, 0.6) is 5.75 Å². The van der Waals surface area contributed by atoms with E-state index in [1.165, 1.54) is 23.1 Å². The highest BCUT2D eigenvalue weighted by Crippen LogP contribution is 2.32. The second-order valence-corrected chi connectivity index (χ2v) is 5.10. The van der Waals surface area contributed by atoms with E-state index in [-0.39, 0.29) is 5.75 Å². The van der Waals surface area contributed by atoms with E-state index in [1.54, 1.807) is 23.6 Å². The summed E-state index contributed by atoms with van der Waals surface area (Å²) >= 11 is 8.67. The lowest BCUT2D eigenvalue weighted by atomic mass is 10.3. The topological polar surface area (TPSA) is 33.1 Å². The summed E-state index contributed by atoms with van der Waals surface area (Å²) in [5.74, 6) is 0.262. The van der Waals surface area contributed by atoms with Crippen LogP contribution in [0.1, 0.15) is 0 Å². The number of nitrogens with zero attached hydrogens (tertiary/aromatic N) is 1. The SMILES string of the molecule is Oc1cccc(Sc2nc(Cl)cs2)c1. The van der Waals surface area contributed by atoms with Gasteiger partial charge in [-0.05, 0) is 18.2 Å². The number of aromatic hydroxyl groups is 1. The zero-order valence-electron chi connectivity index (χ0n) is 6.98. The first-order valence-corrected chi connectivity index (χ1v) is 5.89. The average molecular weight is 244 g/mol. The first-order chi connectivity index (χ1) is 6.74. The predicted octanol–water partition coefficient (Wildman–Crippen LogP) is 3.65. The lowest BCUT2D eigenvalue weighted by Crippen LogP contribution is -1.71. The van der Waals surface area contributed by atoms with Gasteiger partial charge in [-0.2, -0.15) is 0 Å². The smallest absolute Gasteiger partial charge is 0.156 e. The number of rotatable bonds is 2. The van der Waals surface area contributed by atoms with Crippen LogP contribution in [-0.2, 0) is 0 Å². The van der Waals surface area contributed by atoms with E-state index in [0.29, 0.717) is 5.15 Å². The van der Waals surface area contributed by atoms with Crippen molar-refractivity contribution in [2.45, 2.75) is 9.24 Å². The van der Waals surface area contributed by atoms with Crippen molar-refractivity contribution in [2.24, 2.45) is 0 Å². The van der Waals surface area contributed by atoms with Crippen molar-refractivity contribution in [3.8, 4) is 5.75 Å². The van der Waals surface area contributed by atoms with Crippen molar-refractivity contribution < 1.29 is 5.11 Å². The van der Waals surface area contributed by atoms with Gasteiger partial charge in [0.15, 0.2) is 4.34 Å². The number of hydrogen-bond donors (Lipinski definition) is 1. The Kier molecular flexibility index (Phi) is 2.96. The molecule has 1 heterocycles. The fourth-order valence-corrected chi connectivity index (χ4v) is 2.95. The number of halogens is 1. The molecule has 0 aliphatic rings. The van der Waals surface area contributed by atoms with Crippen LogP contribution in [-0.4, -0.2) is 10.1 Å². The number of phenols is 1. The van der Waals surface area contributed by atoms with Crippen LogP contribution in [0.25, 0.3) is 0 Å². The quantitative estimate of drug-likeness (QED) is 0.874. The van der Waals surface area contributed by atoms with E-state index in [0.717, 1.165) is 9.24 Å². The number of benzene rings is 1. The van der Waals surface area contributed by atoms with Crippen molar-refractivity contribution in [1.82, 2.24) is 4.98 Å². The number of thiazole rings is 1. The van der Waals surface area contributed by atoms with Crippen molar-refractivity contribution >= 4 is 34.7 Å². The zero-order valence-corrected chi connectivity index (χ0v) is 9.36. The molecule has 0 amide bonds. The third kappa shape index (κ3) is 2.41. The second-order valence-electron chi connectivity index (χ2n) is 2.54. The van der Waals surface area contributed by atoms with Gasteiger partial charge >= 0.3 is 0 Å². The number of phenolic OH excluding ortho intramolecular Hbond substituents is 1. The van der Waals surface area contributed by atoms with Crippen LogP contribution < -0.4 is 0 Å². The Balaban J connectivity index is 2.18. The Bertz CT molecular complexity index is 444. The average Bonchev–Trinajstić information content (AvgIpc) is 2.51. The molecule has 1 aromatic carbocycles. The van der Waals surface area contributed by atoms with Gasteiger partial charge in [0.05, 0.1) is 0 Å². The summed E-state index contributed by atoms with van der Waals surface area (Å²) in [5, 5.41) is 11.5. The molecule has 0 unspecified atom stereocenters. The maximum absolute atomic E-state index is 9.24. The van der Waals surface area contributed by atoms with Gasteiger partial charge in [0.1, 0.15) is 10.9 Å². The fraction of sp³-hybridized carbons (Fsp3) is 0. The zero-order chi connectivity index (χ0) is 9.97. The van der Waals surface area contributed by atoms with Gasteiger partial charge in [0.2, 0.25) is 0 Å². The number of aromatic nitrogens is 1. The molecule has 14 heavy (non-hydrogen) atoms. The first-order valence-electron chi connectivity index (χ1n) is 3.82. The Morgan fingerprint density at radius 1 is 1.43 bits per heavy atom. The Morgan fingerprint density at radius 3 is 2.93 bits per heavy atom. The molecule has 0 atom stereocenters. The Hall–Kier alpha value is -0.710. The van der Waals surface area contributed by atoms with Crippen LogP contribution >= 0.6 is 34.7 Å². The highest BCUT2D eigenvalue weighted by Gasteiger charge is 2.02. The lowest BCUT2D eigenvalue weighted by Gasteiger charge is -1.97. The summed E-state index contributed by atoms with van der Waals surface area (Å²) in [4.78, 5) is 5.06. The van der Waals surface area contributed by atoms with Crippen LogP contribution in [0.2, 0.25) is 5.15 Å². The summed E-state index contributed by atoms with van der Waals surface area (Å²) in [6.45, 7) is 0. The largest absolute Gasteiger partial charge is 0.508 e. The maximum Gasteiger partial charge on any atom is 0.156 e. The molecule has 0 fully saturated rings. The molecule has 2 nitrogen and oxygen atoms in total. The standard InChI is InChI=1S/C9H6ClNOS2/c10-8-5-13-9(11-8)14-7-3-1-2-6(12)4-7/h1-5,12H. The van der Waals surface area contributed by atoms with Crippen LogP contribution in [0, 0.1) is 0 Å². The minimum atomic E-state index is 0.262. The molecule has 1 aromatic heterocycles. The summed E-state index contributed by atoms with van der Waals surface area (Å²) < 4.78 is 0.876. The molecule has 5 heteroatoms. The van der Waals surface area contributed by atoms with Crippen LogP contribution in [0.3, 0.4) is 0 Å². The van der Waals surface area contributed by atoms with Gasteiger partial charge in [-0.1, -0.05) is 29.4 Å². The van der Waals surface area contributed by atoms with E-state index in [9.17, 15) is 5.11 Å². The Morgan fingerprint density at radius 2 is 2.29 bits per heavy atom. The molecule has 0 spiro atoms. The highest BCUT2D eigenvalue weighted by atomic mass is 35.5. The molecule has 0 saturated heterocycles. The van der Waals surface area contributed by atoms with Crippen molar-refractivity contribution in [3.05, 3.63) is 34.8 Å². The van der Waals surface area contributed by atoms with Gasteiger partial charge < -0.3 is 5.11 Å². The van der Waals surface area contributed by atoms with E-state index in [4.69, 9.17) is 11.6 Å². The minimum absolute atomic E-state index is 0.262. The van der Waals surface area contributed by atoms with E-state index < -0.39 is 0 Å². The molecule has 0 aliphatic carbocycles. The third-order valence-corrected chi connectivity index (χ3v) is 3.73. The summed E-state index contributed by atoms with van der Waals surface area (Å²) in [6, 6.07) is 7.05. The van der Waals surface area contributed by atoms with E-state index in [2.05, 4.69) is 4.98 Å². The van der Waals surface area contributed by atoms with Crippen molar-refractivity contribution in [3.63, 3.8) is 0 Å². The molecule has 0 radical (unpaired) electrons. The van der Waals surface area contributed by atoms with Crippen molar-refractivity contribution in [2.75, 3.05) is 0 Å². The first kappa shape index (κ1) is 9.83. The van der Waals surface area contributed by atoms with Crippen LogP contribution in [0.4, 0.5) is 0 Å². The van der Waals surface area contributed by atoms with Gasteiger partial charge in [0.25, 0.3) is 0 Å². The monoisotopic (exact) mass is 243 g/mol. The minimum Gasteiger partial charge on any atom is -0.508 e. The summed E-state index contributed by atoms with van der Waals surface area (Å²) in [6.07, 6.45) is 0. The number of hydrogen-bond acceptors (Lipinski definition) is 4.